The minimum Gasteiger partial charge on any atom is -0.497 e. The molecule has 1 aliphatic rings. The van der Waals surface area contributed by atoms with Gasteiger partial charge in [0.05, 0.1) is 28.6 Å². The van der Waals surface area contributed by atoms with E-state index in [2.05, 4.69) is 36.0 Å². The van der Waals surface area contributed by atoms with E-state index in [0.29, 0.717) is 60.8 Å². The third kappa shape index (κ3) is 8.20. The highest BCUT2D eigenvalue weighted by molar-refractivity contribution is 7.99. The number of carbonyl (C=O) groups excluding carboxylic acids is 1. The number of aromatic nitrogens is 4. The Bertz CT molecular complexity index is 2140. The molecule has 0 radical (unpaired) electrons. The summed E-state index contributed by atoms with van der Waals surface area (Å²) in [6.07, 6.45) is 0. The van der Waals surface area contributed by atoms with Crippen molar-refractivity contribution in [3.8, 4) is 29.0 Å². The van der Waals surface area contributed by atoms with E-state index in [1.54, 1.807) is 36.3 Å². The topological polar surface area (TPSA) is 191 Å². The molecule has 17 heteroatoms. The summed E-state index contributed by atoms with van der Waals surface area (Å²) in [5.41, 5.74) is 2.13. The fourth-order valence-electron chi connectivity index (χ4n) is 5.29. The fourth-order valence-corrected chi connectivity index (χ4v) is 7.34. The van der Waals surface area contributed by atoms with E-state index in [0.717, 1.165) is 5.56 Å². The Hall–Kier alpha value is -5.70. The molecular weight excluding hydrogens is 697 g/mol. The molecule has 0 spiro atoms. The van der Waals surface area contributed by atoms with E-state index in [1.165, 1.54) is 23.9 Å². The molecule has 262 valence electrons. The van der Waals surface area contributed by atoms with Crippen molar-refractivity contribution in [1.29, 1.82) is 5.26 Å². The van der Waals surface area contributed by atoms with Gasteiger partial charge in [0, 0.05) is 50.0 Å². The zero-order chi connectivity index (χ0) is 35.8. The number of piperazine rings is 1. The summed E-state index contributed by atoms with van der Waals surface area (Å²) >= 11 is 1.18. The van der Waals surface area contributed by atoms with Gasteiger partial charge in [-0.15, -0.1) is 0 Å². The first kappa shape index (κ1) is 35.1. The summed E-state index contributed by atoms with van der Waals surface area (Å²) in [6, 6.07) is 26.3. The number of carbonyl (C=O) groups is 1. The lowest BCUT2D eigenvalue weighted by Gasteiger charge is -2.34. The molecular formula is C34H32N8O7S2. The molecule has 5 aromatic rings. The van der Waals surface area contributed by atoms with Crippen LogP contribution >= 0.6 is 11.8 Å². The van der Waals surface area contributed by atoms with Crippen LogP contribution in [-0.4, -0.2) is 91.4 Å². The van der Waals surface area contributed by atoms with Crippen LogP contribution < -0.4 is 19.7 Å². The Labute approximate surface area is 297 Å². The minimum atomic E-state index is -4.22. The van der Waals surface area contributed by atoms with Crippen molar-refractivity contribution in [3.05, 3.63) is 95.7 Å². The summed E-state index contributed by atoms with van der Waals surface area (Å²) in [4.78, 5) is 26.1. The van der Waals surface area contributed by atoms with Gasteiger partial charge >= 0.3 is 10.9 Å². The Balaban J connectivity index is 1.06. The molecule has 3 aromatic carbocycles. The van der Waals surface area contributed by atoms with Crippen molar-refractivity contribution in [1.82, 2.24) is 24.9 Å². The van der Waals surface area contributed by atoms with Gasteiger partial charge in [-0.2, -0.15) is 5.26 Å². The molecule has 0 atom stereocenters. The summed E-state index contributed by atoms with van der Waals surface area (Å²) in [5, 5.41) is 28.6. The monoisotopic (exact) mass is 728 g/mol. The number of rotatable bonds is 13. The second-order valence-corrected chi connectivity index (χ2v) is 13.9. The van der Waals surface area contributed by atoms with E-state index >= 15 is 0 Å². The highest BCUT2D eigenvalue weighted by Crippen LogP contribution is 2.31. The number of hydrogen-bond acceptors (Lipinski definition) is 14. The van der Waals surface area contributed by atoms with Crippen LogP contribution in [0.15, 0.2) is 105 Å². The fraction of sp³-hybridized carbons (Fsp3) is 0.235. The second kappa shape index (κ2) is 15.9. The Morgan fingerprint density at radius 2 is 1.76 bits per heavy atom. The molecule has 1 saturated heterocycles. The number of anilines is 2. The zero-order valence-electron chi connectivity index (χ0n) is 27.3. The van der Waals surface area contributed by atoms with Crippen molar-refractivity contribution in [2.45, 2.75) is 15.1 Å². The number of hydrogen-bond donors (Lipinski definition) is 1. The predicted molar refractivity (Wildman–Crippen MR) is 185 cm³/mol. The summed E-state index contributed by atoms with van der Waals surface area (Å²) in [5.74, 6) is 0.527. The van der Waals surface area contributed by atoms with Crippen LogP contribution in [0.5, 0.6) is 11.6 Å². The number of nitrogens with zero attached hydrogens (tertiary/aromatic N) is 7. The van der Waals surface area contributed by atoms with E-state index < -0.39 is 20.7 Å². The van der Waals surface area contributed by atoms with Crippen molar-refractivity contribution in [2.24, 2.45) is 0 Å². The number of nitriles is 1. The minimum absolute atomic E-state index is 0.0412. The van der Waals surface area contributed by atoms with E-state index in [-0.39, 0.29) is 33.6 Å². The average molecular weight is 729 g/mol. The highest BCUT2D eigenvalue weighted by Gasteiger charge is 2.36. The molecule has 6 rings (SSSR count). The Morgan fingerprint density at radius 1 is 1.04 bits per heavy atom. The molecule has 0 bridgehead atoms. The number of amides is 1. The smallest absolute Gasteiger partial charge is 0.415 e. The van der Waals surface area contributed by atoms with E-state index in [1.807, 2.05) is 48.5 Å². The van der Waals surface area contributed by atoms with Crippen LogP contribution in [0, 0.1) is 16.5 Å². The second-order valence-electron chi connectivity index (χ2n) is 11.1. The third-order valence-electron chi connectivity index (χ3n) is 7.93. The molecule has 1 fully saturated rings. The van der Waals surface area contributed by atoms with Gasteiger partial charge in [-0.1, -0.05) is 66.4 Å². The number of nitrogens with one attached hydrogen (secondary N) is 1. The maximum atomic E-state index is 13.3. The average Bonchev–Trinajstić information content (AvgIpc) is 3.55. The third-order valence-corrected chi connectivity index (χ3v) is 10.5. The lowest BCUT2D eigenvalue weighted by Crippen LogP contribution is -2.50. The predicted octanol–water partition coefficient (Wildman–Crippen LogP) is 3.54. The number of thioether (sulfide) groups is 1. The summed E-state index contributed by atoms with van der Waals surface area (Å²) in [7, 11) is -2.65. The molecule has 2 aromatic heterocycles. The largest absolute Gasteiger partial charge is 0.497 e. The SMILES string of the molecule is COc1cccc(Nc2nc(SCC(=O)N3CCN(CCOc4no[n+]([O-])c4S(=O)(=O)c4ccccc4)CC3)nc(-c3ccccc3)c2C#N)c1. The van der Waals surface area contributed by atoms with Gasteiger partial charge in [0.25, 0.3) is 9.84 Å². The summed E-state index contributed by atoms with van der Waals surface area (Å²) < 4.78 is 41.4. The van der Waals surface area contributed by atoms with Crippen LogP contribution in [0.25, 0.3) is 11.3 Å². The maximum Gasteiger partial charge on any atom is 0.415 e. The van der Waals surface area contributed by atoms with Gasteiger partial charge in [-0.05, 0) is 29.2 Å². The number of methoxy groups -OCH3 is 1. The molecule has 15 nitrogen and oxygen atoms in total. The van der Waals surface area contributed by atoms with Gasteiger partial charge in [0.15, 0.2) is 11.0 Å². The first-order chi connectivity index (χ1) is 24.8. The lowest BCUT2D eigenvalue weighted by atomic mass is 10.1. The quantitative estimate of drug-likeness (QED) is 0.105. The van der Waals surface area contributed by atoms with Gasteiger partial charge in [-0.25, -0.2) is 18.4 Å². The zero-order valence-corrected chi connectivity index (χ0v) is 29.0. The van der Waals surface area contributed by atoms with Crippen molar-refractivity contribution < 1.29 is 32.2 Å². The van der Waals surface area contributed by atoms with Crippen LogP contribution in [-0.2, 0) is 14.6 Å². The van der Waals surface area contributed by atoms with E-state index in [4.69, 9.17) is 9.47 Å². The van der Waals surface area contributed by atoms with Crippen LogP contribution in [0.3, 0.4) is 0 Å². The highest BCUT2D eigenvalue weighted by atomic mass is 32.2. The van der Waals surface area contributed by atoms with Crippen molar-refractivity contribution >= 4 is 39.0 Å². The Morgan fingerprint density at radius 3 is 2.47 bits per heavy atom. The molecule has 51 heavy (non-hydrogen) atoms. The molecule has 1 aliphatic heterocycles. The summed E-state index contributed by atoms with van der Waals surface area (Å²) in [6.45, 7) is 2.47. The molecule has 3 heterocycles. The van der Waals surface area contributed by atoms with Crippen LogP contribution in [0.1, 0.15) is 5.56 Å². The van der Waals surface area contributed by atoms with E-state index in [9.17, 15) is 23.7 Å². The molecule has 1 N–H and O–H groups in total. The van der Waals surface area contributed by atoms with Crippen molar-refractivity contribution in [3.63, 3.8) is 0 Å². The normalized spacial score (nSPS) is 13.4. The van der Waals surface area contributed by atoms with Crippen LogP contribution in [0.2, 0.25) is 0 Å². The number of sulfone groups is 1. The Kier molecular flexibility index (Phi) is 10.9. The maximum absolute atomic E-state index is 13.3. The van der Waals surface area contributed by atoms with Gasteiger partial charge in [0.1, 0.15) is 24.0 Å². The molecule has 0 unspecified atom stereocenters. The molecule has 0 saturated carbocycles. The van der Waals surface area contributed by atoms with Gasteiger partial charge < -0.3 is 24.9 Å². The number of benzene rings is 3. The van der Waals surface area contributed by atoms with Gasteiger partial charge in [0.2, 0.25) is 5.91 Å². The lowest BCUT2D eigenvalue weighted by molar-refractivity contribution is -0.832. The standard InChI is InChI=1S/C34H32N8O7S2/c1-47-26-12-8-11-25(21-26)36-31-28(22-35)30(24-9-4-2-5-10-24)37-34(38-31)50-23-29(43)41-17-15-40(16-18-41)19-20-48-32-33(42(44)49-39-32)51(45,46)27-13-6-3-7-14-27/h2-14,21H,15-20,23H2,1H3,(H,36,37,38). The van der Waals surface area contributed by atoms with Crippen molar-refractivity contribution in [2.75, 3.05) is 57.5 Å². The first-order valence-electron chi connectivity index (χ1n) is 15.7. The van der Waals surface area contributed by atoms with Crippen LogP contribution in [0.4, 0.5) is 11.5 Å². The van der Waals surface area contributed by atoms with Gasteiger partial charge in [-0.3, -0.25) is 14.3 Å². The molecule has 1 amide bonds. The molecule has 0 aliphatic carbocycles. The first-order valence-corrected chi connectivity index (χ1v) is 18.2. The number of ether oxygens (including phenoxy) is 2.